The van der Waals surface area contributed by atoms with Crippen molar-refractivity contribution >= 4 is 61.7 Å². The molecule has 0 aliphatic carbocycles. The number of rotatable bonds is 1. The van der Waals surface area contributed by atoms with Crippen molar-refractivity contribution in [2.75, 3.05) is 0 Å². The molecule has 19 heavy (non-hydrogen) atoms. The lowest BCUT2D eigenvalue weighted by Gasteiger charge is -2.06. The Morgan fingerprint density at radius 1 is 1.05 bits per heavy atom. The lowest BCUT2D eigenvalue weighted by molar-refractivity contribution is 0.619. The Balaban J connectivity index is 2.31. The van der Waals surface area contributed by atoms with Gasteiger partial charge < -0.3 is 4.42 Å². The van der Waals surface area contributed by atoms with Crippen molar-refractivity contribution in [3.8, 4) is 11.3 Å². The van der Waals surface area contributed by atoms with E-state index in [1.54, 1.807) is 0 Å². The first-order valence-electron chi connectivity index (χ1n) is 5.63. The van der Waals surface area contributed by atoms with E-state index in [9.17, 15) is 0 Å². The standard InChI is InChI=1S/C15H8BrIOS/c16-9-5-6-13-11(7-9)15(19)8-14(18-13)10-3-1-2-4-12(10)17/h1-8H. The van der Waals surface area contributed by atoms with Crippen molar-refractivity contribution in [2.45, 2.75) is 0 Å². The van der Waals surface area contributed by atoms with Crippen LogP contribution in [-0.4, -0.2) is 0 Å². The predicted molar refractivity (Wildman–Crippen MR) is 92.9 cm³/mol. The number of hydrogen-bond acceptors (Lipinski definition) is 2. The second-order valence-electron chi connectivity index (χ2n) is 4.10. The molecule has 0 aliphatic heterocycles. The summed E-state index contributed by atoms with van der Waals surface area (Å²) in [5, 5.41) is 0.957. The number of halogens is 2. The summed E-state index contributed by atoms with van der Waals surface area (Å²) in [4.78, 5) is 0. The third kappa shape index (κ3) is 2.61. The zero-order chi connectivity index (χ0) is 13.4. The molecule has 0 bridgehead atoms. The van der Waals surface area contributed by atoms with Crippen LogP contribution in [0.1, 0.15) is 0 Å². The van der Waals surface area contributed by atoms with Crippen LogP contribution in [0.25, 0.3) is 22.3 Å². The molecule has 0 saturated heterocycles. The maximum absolute atomic E-state index is 5.97. The fourth-order valence-corrected chi connectivity index (χ4v) is 3.20. The van der Waals surface area contributed by atoms with Crippen molar-refractivity contribution in [1.29, 1.82) is 0 Å². The number of benzene rings is 2. The Morgan fingerprint density at radius 3 is 2.63 bits per heavy atom. The fraction of sp³-hybridized carbons (Fsp3) is 0. The SMILES string of the molecule is S=c1cc(-c2ccccc2I)oc2ccc(Br)cc12. The van der Waals surface area contributed by atoms with Gasteiger partial charge in [0, 0.05) is 25.1 Å². The van der Waals surface area contributed by atoms with Crippen LogP contribution < -0.4 is 0 Å². The van der Waals surface area contributed by atoms with Gasteiger partial charge in [0.1, 0.15) is 11.3 Å². The number of hydrogen-bond donors (Lipinski definition) is 0. The molecule has 1 aromatic heterocycles. The summed E-state index contributed by atoms with van der Waals surface area (Å²) in [5.41, 5.74) is 1.88. The van der Waals surface area contributed by atoms with Crippen LogP contribution in [0.5, 0.6) is 0 Å². The molecule has 1 heterocycles. The Hall–Kier alpha value is -0.720. The van der Waals surface area contributed by atoms with E-state index in [1.165, 1.54) is 0 Å². The van der Waals surface area contributed by atoms with Gasteiger partial charge in [0.25, 0.3) is 0 Å². The molecule has 2 aromatic carbocycles. The molecular weight excluding hydrogens is 435 g/mol. The maximum Gasteiger partial charge on any atom is 0.137 e. The minimum absolute atomic E-state index is 0.803. The Labute approximate surface area is 137 Å². The highest BCUT2D eigenvalue weighted by atomic mass is 127. The van der Waals surface area contributed by atoms with E-state index in [0.29, 0.717) is 0 Å². The highest BCUT2D eigenvalue weighted by molar-refractivity contribution is 14.1. The zero-order valence-corrected chi connectivity index (χ0v) is 14.3. The third-order valence-corrected chi connectivity index (χ3v) is 4.60. The summed E-state index contributed by atoms with van der Waals surface area (Å²) < 4.78 is 8.93. The summed E-state index contributed by atoms with van der Waals surface area (Å²) >= 11 is 11.2. The quantitative estimate of drug-likeness (QED) is 0.329. The van der Waals surface area contributed by atoms with Crippen LogP contribution in [0.2, 0.25) is 0 Å². The van der Waals surface area contributed by atoms with Crippen LogP contribution >= 0.6 is 50.7 Å². The van der Waals surface area contributed by atoms with Gasteiger partial charge in [-0.15, -0.1) is 0 Å². The van der Waals surface area contributed by atoms with Gasteiger partial charge in [0.15, 0.2) is 0 Å². The predicted octanol–water partition coefficient (Wildman–Crippen LogP) is 6.20. The van der Waals surface area contributed by atoms with Gasteiger partial charge in [-0.25, -0.2) is 0 Å². The van der Waals surface area contributed by atoms with Crippen molar-refractivity contribution in [1.82, 2.24) is 0 Å². The van der Waals surface area contributed by atoms with Gasteiger partial charge >= 0.3 is 0 Å². The van der Waals surface area contributed by atoms with Gasteiger partial charge in [-0.05, 0) is 46.9 Å². The molecule has 0 N–H and O–H groups in total. The van der Waals surface area contributed by atoms with E-state index < -0.39 is 0 Å². The Kier molecular flexibility index (Phi) is 3.73. The van der Waals surface area contributed by atoms with E-state index in [1.807, 2.05) is 42.5 Å². The molecule has 0 aliphatic rings. The monoisotopic (exact) mass is 442 g/mol. The van der Waals surface area contributed by atoms with Gasteiger partial charge in [-0.3, -0.25) is 0 Å². The van der Waals surface area contributed by atoms with Gasteiger partial charge in [0.2, 0.25) is 0 Å². The van der Waals surface area contributed by atoms with E-state index in [-0.39, 0.29) is 0 Å². The number of fused-ring (bicyclic) bond motifs is 1. The smallest absolute Gasteiger partial charge is 0.137 e. The van der Waals surface area contributed by atoms with E-state index in [2.05, 4.69) is 44.6 Å². The minimum Gasteiger partial charge on any atom is -0.456 e. The summed E-state index contributed by atoms with van der Waals surface area (Å²) in [6.07, 6.45) is 0. The molecule has 3 aromatic rings. The van der Waals surface area contributed by atoms with E-state index in [0.717, 1.165) is 34.8 Å². The lowest BCUT2D eigenvalue weighted by atomic mass is 10.1. The largest absolute Gasteiger partial charge is 0.456 e. The molecule has 0 amide bonds. The van der Waals surface area contributed by atoms with E-state index >= 15 is 0 Å². The van der Waals surface area contributed by atoms with Crippen molar-refractivity contribution in [3.63, 3.8) is 0 Å². The molecule has 0 spiro atoms. The average Bonchev–Trinajstić information content (AvgIpc) is 2.40. The molecule has 0 atom stereocenters. The molecule has 4 heteroatoms. The van der Waals surface area contributed by atoms with Gasteiger partial charge in [-0.1, -0.05) is 46.3 Å². The van der Waals surface area contributed by atoms with Crippen molar-refractivity contribution in [3.05, 3.63) is 61.1 Å². The summed E-state index contributed by atoms with van der Waals surface area (Å²) in [6.45, 7) is 0. The van der Waals surface area contributed by atoms with Crippen LogP contribution in [0.4, 0.5) is 0 Å². The zero-order valence-electron chi connectivity index (χ0n) is 9.69. The topological polar surface area (TPSA) is 13.1 Å². The third-order valence-electron chi connectivity index (χ3n) is 2.83. The summed E-state index contributed by atoms with van der Waals surface area (Å²) in [6, 6.07) is 15.9. The highest BCUT2D eigenvalue weighted by Gasteiger charge is 2.07. The molecule has 94 valence electrons. The average molecular weight is 443 g/mol. The fourth-order valence-electron chi connectivity index (χ4n) is 1.92. The first kappa shape index (κ1) is 13.3. The van der Waals surface area contributed by atoms with Crippen LogP contribution in [0.15, 0.2) is 57.4 Å². The van der Waals surface area contributed by atoms with Gasteiger partial charge in [-0.2, -0.15) is 0 Å². The van der Waals surface area contributed by atoms with Crippen molar-refractivity contribution in [2.24, 2.45) is 0 Å². The van der Waals surface area contributed by atoms with Crippen LogP contribution in [0, 0.1) is 8.08 Å². The van der Waals surface area contributed by atoms with Crippen molar-refractivity contribution < 1.29 is 4.42 Å². The Morgan fingerprint density at radius 2 is 1.84 bits per heavy atom. The second-order valence-corrected chi connectivity index (χ2v) is 6.61. The molecule has 0 radical (unpaired) electrons. The van der Waals surface area contributed by atoms with Crippen LogP contribution in [0.3, 0.4) is 0 Å². The van der Waals surface area contributed by atoms with Gasteiger partial charge in [0.05, 0.1) is 4.51 Å². The summed E-state index contributed by atoms with van der Waals surface area (Å²) in [5.74, 6) is 0.810. The Bertz CT molecular complexity index is 826. The molecule has 1 nitrogen and oxygen atoms in total. The molecule has 0 fully saturated rings. The maximum atomic E-state index is 5.97. The molecule has 0 unspecified atom stereocenters. The van der Waals surface area contributed by atoms with E-state index in [4.69, 9.17) is 16.6 Å². The first-order chi connectivity index (χ1) is 9.15. The highest BCUT2D eigenvalue weighted by Crippen LogP contribution is 2.30. The first-order valence-corrected chi connectivity index (χ1v) is 7.91. The minimum atomic E-state index is 0.803. The van der Waals surface area contributed by atoms with Crippen LogP contribution in [-0.2, 0) is 0 Å². The molecule has 0 saturated carbocycles. The molecule has 3 rings (SSSR count). The second kappa shape index (κ2) is 5.34. The lowest BCUT2D eigenvalue weighted by Crippen LogP contribution is -1.84. The summed E-state index contributed by atoms with van der Waals surface area (Å²) in [7, 11) is 0. The normalized spacial score (nSPS) is 10.8. The molecular formula is C15H8BrIOS.